The van der Waals surface area contributed by atoms with Gasteiger partial charge in [-0.3, -0.25) is 0 Å². The fourth-order valence-corrected chi connectivity index (χ4v) is 0.673. The lowest BCUT2D eigenvalue weighted by Gasteiger charge is -1.89. The van der Waals surface area contributed by atoms with Gasteiger partial charge < -0.3 is 9.84 Å². The number of rotatable bonds is 0. The summed E-state index contributed by atoms with van der Waals surface area (Å²) in [7, 11) is 0. The fraction of sp³-hybridized carbons (Fsp3) is 0.250. The van der Waals surface area contributed by atoms with Gasteiger partial charge in [0.2, 0.25) is 0 Å². The number of esters is 1. The van der Waals surface area contributed by atoms with Gasteiger partial charge in [-0.05, 0) is 0 Å². The SMILES string of the molecule is O=C1OC(O)=C(Cl)C1Cl. The first-order valence-electron chi connectivity index (χ1n) is 2.07. The van der Waals surface area contributed by atoms with Crippen LogP contribution in [0, 0.1) is 0 Å². The van der Waals surface area contributed by atoms with E-state index in [1.54, 1.807) is 0 Å². The van der Waals surface area contributed by atoms with Crippen molar-refractivity contribution in [1.82, 2.24) is 0 Å². The minimum Gasteiger partial charge on any atom is -0.480 e. The van der Waals surface area contributed by atoms with Crippen molar-refractivity contribution in [3.05, 3.63) is 11.0 Å². The highest BCUT2D eigenvalue weighted by Crippen LogP contribution is 2.26. The zero-order valence-electron chi connectivity index (χ0n) is 4.10. The quantitative estimate of drug-likeness (QED) is 0.436. The van der Waals surface area contributed by atoms with Crippen LogP contribution >= 0.6 is 23.2 Å². The zero-order chi connectivity index (χ0) is 7.02. The van der Waals surface area contributed by atoms with E-state index in [0.29, 0.717) is 0 Å². The second kappa shape index (κ2) is 2.08. The number of aliphatic hydroxyl groups excluding tert-OH is 1. The van der Waals surface area contributed by atoms with Crippen molar-refractivity contribution < 1.29 is 14.6 Å². The molecule has 0 amide bonds. The van der Waals surface area contributed by atoms with E-state index in [1.165, 1.54) is 0 Å². The topological polar surface area (TPSA) is 46.5 Å². The smallest absolute Gasteiger partial charge is 0.337 e. The molecule has 0 aromatic carbocycles. The number of ether oxygens (including phenoxy) is 1. The van der Waals surface area contributed by atoms with Crippen LogP contribution in [-0.4, -0.2) is 16.5 Å². The summed E-state index contributed by atoms with van der Waals surface area (Å²) in [6, 6.07) is 0. The molecule has 9 heavy (non-hydrogen) atoms. The molecule has 0 aromatic heterocycles. The molecule has 0 aliphatic carbocycles. The Morgan fingerprint density at radius 2 is 2.22 bits per heavy atom. The Hall–Kier alpha value is -0.410. The van der Waals surface area contributed by atoms with Crippen LogP contribution in [0.5, 0.6) is 0 Å². The normalized spacial score (nSPS) is 26.9. The Bertz CT molecular complexity index is 186. The molecule has 0 saturated carbocycles. The molecule has 50 valence electrons. The van der Waals surface area contributed by atoms with Crippen LogP contribution in [0.25, 0.3) is 0 Å². The van der Waals surface area contributed by atoms with Gasteiger partial charge in [0, 0.05) is 0 Å². The molecule has 0 radical (unpaired) electrons. The van der Waals surface area contributed by atoms with E-state index in [4.69, 9.17) is 28.3 Å². The number of carbonyl (C=O) groups is 1. The van der Waals surface area contributed by atoms with E-state index >= 15 is 0 Å². The zero-order valence-corrected chi connectivity index (χ0v) is 5.61. The number of aliphatic hydroxyl groups is 1. The summed E-state index contributed by atoms with van der Waals surface area (Å²) in [6.45, 7) is 0. The number of carbonyl (C=O) groups excluding carboxylic acids is 1. The fourth-order valence-electron chi connectivity index (χ4n) is 0.408. The number of hydrogen-bond acceptors (Lipinski definition) is 3. The van der Waals surface area contributed by atoms with Crippen molar-refractivity contribution in [2.24, 2.45) is 0 Å². The maximum atomic E-state index is 10.4. The summed E-state index contributed by atoms with van der Waals surface area (Å²) in [6.07, 6.45) is 0. The van der Waals surface area contributed by atoms with Gasteiger partial charge in [-0.15, -0.1) is 11.6 Å². The first kappa shape index (κ1) is 6.71. The van der Waals surface area contributed by atoms with E-state index in [1.807, 2.05) is 0 Å². The number of hydrogen-bond donors (Lipinski definition) is 1. The van der Waals surface area contributed by atoms with Crippen molar-refractivity contribution in [2.75, 3.05) is 0 Å². The molecule has 0 fully saturated rings. The number of cyclic esters (lactones) is 1. The molecule has 1 aliphatic heterocycles. The summed E-state index contributed by atoms with van der Waals surface area (Å²) in [4.78, 5) is 10.4. The van der Waals surface area contributed by atoms with Gasteiger partial charge in [-0.25, -0.2) is 4.79 Å². The largest absolute Gasteiger partial charge is 0.480 e. The van der Waals surface area contributed by atoms with E-state index in [-0.39, 0.29) is 5.03 Å². The number of alkyl halides is 1. The van der Waals surface area contributed by atoms with Gasteiger partial charge in [-0.2, -0.15) is 0 Å². The molecule has 0 spiro atoms. The van der Waals surface area contributed by atoms with Crippen molar-refractivity contribution in [2.45, 2.75) is 5.38 Å². The maximum absolute atomic E-state index is 10.4. The van der Waals surface area contributed by atoms with Gasteiger partial charge in [0.25, 0.3) is 0 Å². The lowest BCUT2D eigenvalue weighted by Crippen LogP contribution is -2.08. The summed E-state index contributed by atoms with van der Waals surface area (Å²) < 4.78 is 4.12. The van der Waals surface area contributed by atoms with Gasteiger partial charge in [0.1, 0.15) is 5.03 Å². The summed E-state index contributed by atoms with van der Waals surface area (Å²) in [5, 5.41) is 7.37. The molecule has 0 bridgehead atoms. The van der Waals surface area contributed by atoms with Crippen LogP contribution in [0.4, 0.5) is 0 Å². The third-order valence-electron chi connectivity index (χ3n) is 0.831. The maximum Gasteiger partial charge on any atom is 0.337 e. The second-order valence-electron chi connectivity index (χ2n) is 1.44. The van der Waals surface area contributed by atoms with Crippen molar-refractivity contribution in [3.8, 4) is 0 Å². The van der Waals surface area contributed by atoms with Crippen LogP contribution in [0.2, 0.25) is 0 Å². The standard InChI is InChI=1S/C4H2Cl2O3/c5-1-2(6)4(8)9-3(1)7/h1,8H. The van der Waals surface area contributed by atoms with E-state index < -0.39 is 17.3 Å². The Morgan fingerprint density at radius 1 is 1.67 bits per heavy atom. The van der Waals surface area contributed by atoms with Gasteiger partial charge in [-0.1, -0.05) is 11.6 Å². The molecule has 3 nitrogen and oxygen atoms in total. The van der Waals surface area contributed by atoms with Gasteiger partial charge in [0.05, 0.1) is 0 Å². The highest BCUT2D eigenvalue weighted by atomic mass is 35.5. The molecule has 1 rings (SSSR count). The Balaban J connectivity index is 2.87. The third-order valence-corrected chi connectivity index (χ3v) is 1.72. The highest BCUT2D eigenvalue weighted by molar-refractivity contribution is 6.44. The van der Waals surface area contributed by atoms with E-state index in [9.17, 15) is 4.79 Å². The van der Waals surface area contributed by atoms with E-state index in [2.05, 4.69) is 4.74 Å². The minimum absolute atomic E-state index is 0.151. The first-order chi connectivity index (χ1) is 4.13. The molecular formula is C4H2Cl2O3. The molecule has 1 heterocycles. The van der Waals surface area contributed by atoms with Crippen LogP contribution < -0.4 is 0 Å². The third kappa shape index (κ3) is 0.976. The van der Waals surface area contributed by atoms with Crippen LogP contribution in [0.3, 0.4) is 0 Å². The van der Waals surface area contributed by atoms with Gasteiger partial charge in [0.15, 0.2) is 5.38 Å². The van der Waals surface area contributed by atoms with Crippen molar-refractivity contribution >= 4 is 29.2 Å². The predicted octanol–water partition coefficient (Wildman–Crippen LogP) is 1.12. The predicted molar refractivity (Wildman–Crippen MR) is 31.2 cm³/mol. The summed E-state index contributed by atoms with van der Waals surface area (Å²) in [5.41, 5.74) is 0. The average Bonchev–Trinajstić information content (AvgIpc) is 1.98. The second-order valence-corrected chi connectivity index (χ2v) is 2.28. The Labute approximate surface area is 60.8 Å². The molecule has 1 N–H and O–H groups in total. The van der Waals surface area contributed by atoms with E-state index in [0.717, 1.165) is 0 Å². The Kier molecular flexibility index (Phi) is 1.55. The lowest BCUT2D eigenvalue weighted by molar-refractivity contribution is -0.139. The Morgan fingerprint density at radius 3 is 2.33 bits per heavy atom. The summed E-state index contributed by atoms with van der Waals surface area (Å²) >= 11 is 10.5. The first-order valence-corrected chi connectivity index (χ1v) is 2.88. The molecule has 0 aromatic rings. The summed E-state index contributed by atoms with van der Waals surface area (Å²) in [5.74, 6) is -1.33. The lowest BCUT2D eigenvalue weighted by atomic mass is 10.4. The average molecular weight is 169 g/mol. The minimum atomic E-state index is -1.04. The van der Waals surface area contributed by atoms with Crippen molar-refractivity contribution in [3.63, 3.8) is 0 Å². The van der Waals surface area contributed by atoms with Gasteiger partial charge >= 0.3 is 11.9 Å². The van der Waals surface area contributed by atoms with Crippen molar-refractivity contribution in [1.29, 1.82) is 0 Å². The molecule has 1 atom stereocenters. The van der Waals surface area contributed by atoms with Crippen LogP contribution in [-0.2, 0) is 9.53 Å². The molecule has 1 aliphatic rings. The molecule has 5 heteroatoms. The number of halogens is 2. The molecule has 1 unspecified atom stereocenters. The van der Waals surface area contributed by atoms with Crippen LogP contribution in [0.1, 0.15) is 0 Å². The molecule has 0 saturated heterocycles. The highest BCUT2D eigenvalue weighted by Gasteiger charge is 2.33. The molecular weight excluding hydrogens is 167 g/mol. The monoisotopic (exact) mass is 168 g/mol. The van der Waals surface area contributed by atoms with Crippen LogP contribution in [0.15, 0.2) is 11.0 Å².